The second kappa shape index (κ2) is 3.29. The highest BCUT2D eigenvalue weighted by Gasteiger charge is 2.08. The van der Waals surface area contributed by atoms with E-state index in [0.29, 0.717) is 5.75 Å². The Bertz CT molecular complexity index is 463. The minimum Gasteiger partial charge on any atom is -0.506 e. The molecule has 0 radical (unpaired) electrons. The van der Waals surface area contributed by atoms with Crippen LogP contribution in [0.1, 0.15) is 25.5 Å². The van der Waals surface area contributed by atoms with E-state index in [1.807, 2.05) is 38.1 Å². The summed E-state index contributed by atoms with van der Waals surface area (Å²) >= 11 is 0. The molecule has 0 aliphatic heterocycles. The van der Waals surface area contributed by atoms with E-state index in [4.69, 9.17) is 0 Å². The van der Waals surface area contributed by atoms with Crippen molar-refractivity contribution in [3.05, 3.63) is 36.0 Å². The maximum Gasteiger partial charge on any atom is 0.137 e. The van der Waals surface area contributed by atoms with Gasteiger partial charge in [-0.2, -0.15) is 0 Å². The summed E-state index contributed by atoms with van der Waals surface area (Å²) in [5, 5.41) is 10.7. The van der Waals surface area contributed by atoms with Gasteiger partial charge in [0.2, 0.25) is 0 Å². The summed E-state index contributed by atoms with van der Waals surface area (Å²) in [6.07, 6.45) is 0. The van der Waals surface area contributed by atoms with Gasteiger partial charge in [-0.25, -0.2) is 4.98 Å². The lowest BCUT2D eigenvalue weighted by atomic mass is 10.1. The zero-order valence-corrected chi connectivity index (χ0v) is 8.36. The number of rotatable bonds is 1. The van der Waals surface area contributed by atoms with Gasteiger partial charge in [0.05, 0.1) is 11.2 Å². The van der Waals surface area contributed by atoms with Gasteiger partial charge in [-0.05, 0) is 18.1 Å². The minimum atomic E-state index is 0.250. The van der Waals surface area contributed by atoms with Crippen LogP contribution >= 0.6 is 0 Å². The highest BCUT2D eigenvalue weighted by Crippen LogP contribution is 2.26. The van der Waals surface area contributed by atoms with Crippen molar-refractivity contribution in [2.45, 2.75) is 19.8 Å². The second-order valence-corrected chi connectivity index (χ2v) is 3.74. The predicted octanol–water partition coefficient (Wildman–Crippen LogP) is 3.06. The van der Waals surface area contributed by atoms with E-state index >= 15 is 0 Å². The zero-order valence-electron chi connectivity index (χ0n) is 8.36. The molecule has 0 saturated heterocycles. The highest BCUT2D eigenvalue weighted by atomic mass is 16.3. The van der Waals surface area contributed by atoms with Crippen LogP contribution in [-0.4, -0.2) is 10.1 Å². The molecular formula is C12H13NO. The first-order valence-electron chi connectivity index (χ1n) is 4.77. The van der Waals surface area contributed by atoms with Gasteiger partial charge >= 0.3 is 0 Å². The molecule has 0 unspecified atom stereocenters. The maximum atomic E-state index is 9.72. The normalized spacial score (nSPS) is 11.1. The van der Waals surface area contributed by atoms with Crippen molar-refractivity contribution in [3.8, 4) is 5.75 Å². The Morgan fingerprint density at radius 3 is 2.64 bits per heavy atom. The monoisotopic (exact) mass is 187 g/mol. The first-order chi connectivity index (χ1) is 6.68. The molecule has 14 heavy (non-hydrogen) atoms. The van der Waals surface area contributed by atoms with Crippen LogP contribution in [0.15, 0.2) is 30.3 Å². The van der Waals surface area contributed by atoms with Gasteiger partial charge in [0.1, 0.15) is 5.75 Å². The Morgan fingerprint density at radius 2 is 1.93 bits per heavy atom. The van der Waals surface area contributed by atoms with E-state index in [0.717, 1.165) is 16.6 Å². The smallest absolute Gasteiger partial charge is 0.137 e. The third-order valence-electron chi connectivity index (χ3n) is 2.28. The summed E-state index contributed by atoms with van der Waals surface area (Å²) in [5.41, 5.74) is 1.71. The summed E-state index contributed by atoms with van der Waals surface area (Å²) in [4.78, 5) is 4.42. The minimum absolute atomic E-state index is 0.250. The molecule has 0 aliphatic carbocycles. The maximum absolute atomic E-state index is 9.72. The first kappa shape index (κ1) is 9.00. The predicted molar refractivity (Wildman–Crippen MR) is 57.5 cm³/mol. The second-order valence-electron chi connectivity index (χ2n) is 3.74. The molecule has 1 aromatic heterocycles. The van der Waals surface area contributed by atoms with E-state index in [2.05, 4.69) is 4.98 Å². The number of nitrogens with zero attached hydrogens (tertiary/aromatic N) is 1. The lowest BCUT2D eigenvalue weighted by Gasteiger charge is -2.08. The number of hydrogen-bond donors (Lipinski definition) is 1. The van der Waals surface area contributed by atoms with E-state index in [1.165, 1.54) is 0 Å². The SMILES string of the molecule is CC(C)c1nc2ccccc2cc1O. The molecule has 72 valence electrons. The van der Waals surface area contributed by atoms with Crippen molar-refractivity contribution < 1.29 is 5.11 Å². The summed E-state index contributed by atoms with van der Waals surface area (Å²) in [6.45, 7) is 4.05. The van der Waals surface area contributed by atoms with Crippen molar-refractivity contribution in [1.82, 2.24) is 4.98 Å². The molecule has 0 saturated carbocycles. The average Bonchev–Trinajstić information content (AvgIpc) is 2.16. The van der Waals surface area contributed by atoms with Crippen LogP contribution in [0.4, 0.5) is 0 Å². The van der Waals surface area contributed by atoms with E-state index in [-0.39, 0.29) is 5.92 Å². The Kier molecular flexibility index (Phi) is 2.12. The van der Waals surface area contributed by atoms with Gasteiger partial charge < -0.3 is 5.11 Å². The van der Waals surface area contributed by atoms with E-state index in [1.54, 1.807) is 6.07 Å². The van der Waals surface area contributed by atoms with Crippen LogP contribution in [0, 0.1) is 0 Å². The van der Waals surface area contributed by atoms with Crippen LogP contribution in [0.3, 0.4) is 0 Å². The molecule has 1 N–H and O–H groups in total. The largest absolute Gasteiger partial charge is 0.506 e. The molecule has 2 rings (SSSR count). The molecule has 0 fully saturated rings. The zero-order chi connectivity index (χ0) is 10.1. The van der Waals surface area contributed by atoms with Gasteiger partial charge in [0.25, 0.3) is 0 Å². The standard InChI is InChI=1S/C12H13NO/c1-8(2)12-11(14)7-9-5-3-4-6-10(9)13-12/h3-8,14H,1-2H3. The summed E-state index contributed by atoms with van der Waals surface area (Å²) in [5.74, 6) is 0.540. The number of aromatic hydroxyl groups is 1. The first-order valence-corrected chi connectivity index (χ1v) is 4.77. The topological polar surface area (TPSA) is 33.1 Å². The summed E-state index contributed by atoms with van der Waals surface area (Å²) < 4.78 is 0. The number of fused-ring (bicyclic) bond motifs is 1. The summed E-state index contributed by atoms with van der Waals surface area (Å²) in [6, 6.07) is 9.58. The molecule has 2 aromatic rings. The Hall–Kier alpha value is -1.57. The summed E-state index contributed by atoms with van der Waals surface area (Å²) in [7, 11) is 0. The fourth-order valence-electron chi connectivity index (χ4n) is 1.54. The van der Waals surface area contributed by atoms with Crippen LogP contribution in [0.25, 0.3) is 10.9 Å². The van der Waals surface area contributed by atoms with Crippen LogP contribution in [0.5, 0.6) is 5.75 Å². The molecule has 2 heteroatoms. The van der Waals surface area contributed by atoms with Gasteiger partial charge in [-0.3, -0.25) is 0 Å². The highest BCUT2D eigenvalue weighted by molar-refractivity contribution is 5.80. The van der Waals surface area contributed by atoms with Crippen molar-refractivity contribution in [3.63, 3.8) is 0 Å². The van der Waals surface area contributed by atoms with Gasteiger partial charge in [-0.15, -0.1) is 0 Å². The molecule has 2 nitrogen and oxygen atoms in total. The van der Waals surface area contributed by atoms with Gasteiger partial charge in [0, 0.05) is 5.39 Å². The number of hydrogen-bond acceptors (Lipinski definition) is 2. The lowest BCUT2D eigenvalue weighted by Crippen LogP contribution is -1.93. The molecular weight excluding hydrogens is 174 g/mol. The Morgan fingerprint density at radius 1 is 1.21 bits per heavy atom. The molecule has 0 atom stereocenters. The third-order valence-corrected chi connectivity index (χ3v) is 2.28. The molecule has 1 aromatic carbocycles. The Balaban J connectivity index is 2.71. The fraction of sp³-hybridized carbons (Fsp3) is 0.250. The average molecular weight is 187 g/mol. The Labute approximate surface area is 83.2 Å². The number of pyridine rings is 1. The van der Waals surface area contributed by atoms with Crippen molar-refractivity contribution >= 4 is 10.9 Å². The quantitative estimate of drug-likeness (QED) is 0.744. The fourth-order valence-corrected chi connectivity index (χ4v) is 1.54. The molecule has 0 aliphatic rings. The molecule has 0 bridgehead atoms. The van der Waals surface area contributed by atoms with Gasteiger partial charge in [-0.1, -0.05) is 32.0 Å². The third kappa shape index (κ3) is 1.43. The van der Waals surface area contributed by atoms with Crippen molar-refractivity contribution in [2.75, 3.05) is 0 Å². The van der Waals surface area contributed by atoms with Gasteiger partial charge in [0.15, 0.2) is 0 Å². The van der Waals surface area contributed by atoms with Crippen LogP contribution < -0.4 is 0 Å². The molecule has 0 spiro atoms. The van der Waals surface area contributed by atoms with E-state index in [9.17, 15) is 5.11 Å². The van der Waals surface area contributed by atoms with E-state index < -0.39 is 0 Å². The van der Waals surface area contributed by atoms with Crippen molar-refractivity contribution in [2.24, 2.45) is 0 Å². The van der Waals surface area contributed by atoms with Crippen LogP contribution in [0.2, 0.25) is 0 Å². The van der Waals surface area contributed by atoms with Crippen LogP contribution in [-0.2, 0) is 0 Å². The molecule has 0 amide bonds. The number of benzene rings is 1. The van der Waals surface area contributed by atoms with Crippen molar-refractivity contribution in [1.29, 1.82) is 0 Å². The number of aromatic nitrogens is 1. The lowest BCUT2D eigenvalue weighted by molar-refractivity contribution is 0.461. The number of para-hydroxylation sites is 1. The molecule has 1 heterocycles.